The number of rotatable bonds is 4. The molecule has 0 aromatic carbocycles. The highest BCUT2D eigenvalue weighted by molar-refractivity contribution is 4.83. The summed E-state index contributed by atoms with van der Waals surface area (Å²) in [6.07, 6.45) is 9.43. The highest BCUT2D eigenvalue weighted by atomic mass is 16.3. The third-order valence-corrected chi connectivity index (χ3v) is 4.46. The topological polar surface area (TPSA) is 32.3 Å². The predicted molar refractivity (Wildman–Crippen MR) is 62.7 cm³/mol. The van der Waals surface area contributed by atoms with Gasteiger partial charge in [-0.3, -0.25) is 0 Å². The Labute approximate surface area is 93.5 Å². The summed E-state index contributed by atoms with van der Waals surface area (Å²) in [6.45, 7) is 2.78. The van der Waals surface area contributed by atoms with Gasteiger partial charge < -0.3 is 10.4 Å². The Morgan fingerprint density at radius 3 is 2.20 bits per heavy atom. The summed E-state index contributed by atoms with van der Waals surface area (Å²) in [5.74, 6) is 2.64. The van der Waals surface area contributed by atoms with E-state index >= 15 is 0 Å². The number of aliphatic hydroxyl groups is 1. The van der Waals surface area contributed by atoms with Crippen molar-refractivity contribution in [3.8, 4) is 0 Å². The van der Waals surface area contributed by atoms with E-state index in [2.05, 4.69) is 5.32 Å². The summed E-state index contributed by atoms with van der Waals surface area (Å²) >= 11 is 0. The normalized spacial score (nSPS) is 27.0. The summed E-state index contributed by atoms with van der Waals surface area (Å²) in [6, 6.07) is 0. The van der Waals surface area contributed by atoms with Gasteiger partial charge in [0.05, 0.1) is 0 Å². The lowest BCUT2D eigenvalue weighted by molar-refractivity contribution is 0.141. The van der Waals surface area contributed by atoms with Gasteiger partial charge in [-0.15, -0.1) is 0 Å². The van der Waals surface area contributed by atoms with Crippen LogP contribution in [-0.2, 0) is 0 Å². The SMILES string of the molecule is OCCC(C1CCCC1)C1CCNCC1. The van der Waals surface area contributed by atoms with Crippen LogP contribution in [0.4, 0.5) is 0 Å². The van der Waals surface area contributed by atoms with E-state index < -0.39 is 0 Å². The zero-order chi connectivity index (χ0) is 10.5. The number of aliphatic hydroxyl groups excluding tert-OH is 1. The maximum absolute atomic E-state index is 9.21. The predicted octanol–water partition coefficient (Wildman–Crippen LogP) is 2.17. The van der Waals surface area contributed by atoms with Gasteiger partial charge in [-0.1, -0.05) is 25.7 Å². The average Bonchev–Trinajstić information content (AvgIpc) is 2.80. The van der Waals surface area contributed by atoms with Crippen molar-refractivity contribution >= 4 is 0 Å². The third-order valence-electron chi connectivity index (χ3n) is 4.46. The zero-order valence-corrected chi connectivity index (χ0v) is 9.75. The van der Waals surface area contributed by atoms with Crippen LogP contribution in [0.2, 0.25) is 0 Å². The first kappa shape index (κ1) is 11.4. The summed E-state index contributed by atoms with van der Waals surface area (Å²) < 4.78 is 0. The van der Waals surface area contributed by atoms with Crippen LogP contribution in [0.5, 0.6) is 0 Å². The number of hydrogen-bond donors (Lipinski definition) is 2. The maximum Gasteiger partial charge on any atom is 0.0433 e. The van der Waals surface area contributed by atoms with Crippen LogP contribution in [-0.4, -0.2) is 24.8 Å². The minimum atomic E-state index is 0.394. The molecule has 88 valence electrons. The lowest BCUT2D eigenvalue weighted by atomic mass is 9.74. The molecule has 1 saturated heterocycles. The summed E-state index contributed by atoms with van der Waals surface area (Å²) in [5, 5.41) is 12.7. The van der Waals surface area contributed by atoms with Gasteiger partial charge in [0.1, 0.15) is 0 Å². The molecule has 0 amide bonds. The molecular weight excluding hydrogens is 186 g/mol. The number of hydrogen-bond acceptors (Lipinski definition) is 2. The van der Waals surface area contributed by atoms with Crippen molar-refractivity contribution in [3.63, 3.8) is 0 Å². The molecule has 1 aliphatic heterocycles. The standard InChI is InChI=1S/C13H25NO/c15-10-7-13(11-3-1-2-4-11)12-5-8-14-9-6-12/h11-15H,1-10H2. The molecule has 1 saturated carbocycles. The van der Waals surface area contributed by atoms with E-state index in [9.17, 15) is 5.11 Å². The fraction of sp³-hybridized carbons (Fsp3) is 1.00. The van der Waals surface area contributed by atoms with Crippen LogP contribution in [0, 0.1) is 17.8 Å². The third kappa shape index (κ3) is 2.94. The fourth-order valence-corrected chi connectivity index (χ4v) is 3.66. The molecule has 1 heterocycles. The Hall–Kier alpha value is -0.0800. The maximum atomic E-state index is 9.21. The lowest BCUT2D eigenvalue weighted by Gasteiger charge is -2.34. The van der Waals surface area contributed by atoms with Crippen molar-refractivity contribution in [2.24, 2.45) is 17.8 Å². The minimum absolute atomic E-state index is 0.394. The van der Waals surface area contributed by atoms with Gasteiger partial charge in [0, 0.05) is 6.61 Å². The number of piperidine rings is 1. The summed E-state index contributed by atoms with van der Waals surface area (Å²) in [4.78, 5) is 0. The van der Waals surface area contributed by atoms with Crippen LogP contribution in [0.25, 0.3) is 0 Å². The van der Waals surface area contributed by atoms with Crippen molar-refractivity contribution in [2.45, 2.75) is 44.9 Å². The second kappa shape index (κ2) is 5.86. The average molecular weight is 211 g/mol. The molecule has 0 radical (unpaired) electrons. The summed E-state index contributed by atoms with van der Waals surface area (Å²) in [5.41, 5.74) is 0. The van der Waals surface area contributed by atoms with E-state index in [1.54, 1.807) is 0 Å². The Balaban J connectivity index is 1.90. The van der Waals surface area contributed by atoms with Gasteiger partial charge in [-0.25, -0.2) is 0 Å². The molecular formula is C13H25NO. The van der Waals surface area contributed by atoms with Gasteiger partial charge in [0.2, 0.25) is 0 Å². The van der Waals surface area contributed by atoms with E-state index in [1.807, 2.05) is 0 Å². The van der Waals surface area contributed by atoms with Gasteiger partial charge >= 0.3 is 0 Å². The Bertz CT molecular complexity index is 171. The van der Waals surface area contributed by atoms with Crippen molar-refractivity contribution in [1.82, 2.24) is 5.32 Å². The van der Waals surface area contributed by atoms with Crippen LogP contribution in [0.3, 0.4) is 0 Å². The molecule has 0 spiro atoms. The molecule has 1 atom stereocenters. The highest BCUT2D eigenvalue weighted by Gasteiger charge is 2.31. The molecule has 2 fully saturated rings. The highest BCUT2D eigenvalue weighted by Crippen LogP contribution is 2.39. The monoisotopic (exact) mass is 211 g/mol. The van der Waals surface area contributed by atoms with Crippen molar-refractivity contribution in [3.05, 3.63) is 0 Å². The second-order valence-corrected chi connectivity index (χ2v) is 5.31. The Kier molecular flexibility index (Phi) is 4.45. The summed E-state index contributed by atoms with van der Waals surface area (Å²) in [7, 11) is 0. The van der Waals surface area contributed by atoms with Crippen LogP contribution < -0.4 is 5.32 Å². The van der Waals surface area contributed by atoms with Crippen LogP contribution in [0.1, 0.15) is 44.9 Å². The Morgan fingerprint density at radius 2 is 1.60 bits per heavy atom. The van der Waals surface area contributed by atoms with Crippen LogP contribution in [0.15, 0.2) is 0 Å². The first-order chi connectivity index (χ1) is 7.42. The van der Waals surface area contributed by atoms with Gasteiger partial charge in [0.25, 0.3) is 0 Å². The molecule has 1 aliphatic carbocycles. The zero-order valence-electron chi connectivity index (χ0n) is 9.75. The quantitative estimate of drug-likeness (QED) is 0.747. The fourth-order valence-electron chi connectivity index (χ4n) is 3.66. The van der Waals surface area contributed by atoms with Crippen molar-refractivity contribution in [2.75, 3.05) is 19.7 Å². The molecule has 2 rings (SSSR count). The molecule has 2 heteroatoms. The van der Waals surface area contributed by atoms with Gasteiger partial charge in [0.15, 0.2) is 0 Å². The lowest BCUT2D eigenvalue weighted by Crippen LogP contribution is -2.34. The second-order valence-electron chi connectivity index (χ2n) is 5.31. The molecule has 2 aliphatic rings. The van der Waals surface area contributed by atoms with E-state index in [4.69, 9.17) is 0 Å². The smallest absolute Gasteiger partial charge is 0.0433 e. The molecule has 0 aromatic heterocycles. The van der Waals surface area contributed by atoms with Crippen LogP contribution >= 0.6 is 0 Å². The number of nitrogens with one attached hydrogen (secondary N) is 1. The molecule has 0 bridgehead atoms. The van der Waals surface area contributed by atoms with E-state index in [0.717, 1.165) is 24.2 Å². The first-order valence-corrected chi connectivity index (χ1v) is 6.73. The van der Waals surface area contributed by atoms with Gasteiger partial charge in [-0.2, -0.15) is 0 Å². The minimum Gasteiger partial charge on any atom is -0.396 e. The van der Waals surface area contributed by atoms with E-state index in [1.165, 1.54) is 51.6 Å². The van der Waals surface area contributed by atoms with Crippen molar-refractivity contribution in [1.29, 1.82) is 0 Å². The molecule has 2 N–H and O–H groups in total. The van der Waals surface area contributed by atoms with E-state index in [-0.39, 0.29) is 0 Å². The first-order valence-electron chi connectivity index (χ1n) is 6.73. The Morgan fingerprint density at radius 1 is 1.00 bits per heavy atom. The molecule has 2 nitrogen and oxygen atoms in total. The largest absolute Gasteiger partial charge is 0.396 e. The van der Waals surface area contributed by atoms with E-state index in [0.29, 0.717) is 6.61 Å². The molecule has 1 unspecified atom stereocenters. The molecule has 15 heavy (non-hydrogen) atoms. The molecule has 0 aromatic rings. The van der Waals surface area contributed by atoms with Crippen molar-refractivity contribution < 1.29 is 5.11 Å². The van der Waals surface area contributed by atoms with Gasteiger partial charge in [-0.05, 0) is 50.1 Å².